The lowest BCUT2D eigenvalue weighted by Crippen LogP contribution is -1.98. The number of hydrogen-bond acceptors (Lipinski definition) is 5. The van der Waals surface area contributed by atoms with Gasteiger partial charge in [0.25, 0.3) is 0 Å². The Kier molecular flexibility index (Phi) is 6.04. The number of rotatable bonds is 7. The van der Waals surface area contributed by atoms with E-state index in [1.807, 2.05) is 30.3 Å². The maximum atomic E-state index is 12.1. The first-order valence-electron chi connectivity index (χ1n) is 7.76. The summed E-state index contributed by atoms with van der Waals surface area (Å²) in [6.07, 6.45) is 1.41. The molecular weight excluding hydrogens is 375 g/mol. The van der Waals surface area contributed by atoms with E-state index in [1.165, 1.54) is 6.21 Å². The molecule has 7 heteroatoms. The summed E-state index contributed by atoms with van der Waals surface area (Å²) in [5.41, 5.74) is 2.24. The summed E-state index contributed by atoms with van der Waals surface area (Å²) >= 11 is 11.9. The highest BCUT2D eigenvalue weighted by Gasteiger charge is 2.13. The van der Waals surface area contributed by atoms with Crippen molar-refractivity contribution in [2.24, 2.45) is 5.16 Å². The molecule has 1 aromatic heterocycles. The minimum Gasteiger partial charge on any atom is -0.391 e. The zero-order chi connectivity index (χ0) is 18.4. The van der Waals surface area contributed by atoms with Gasteiger partial charge < -0.3 is 9.36 Å². The van der Waals surface area contributed by atoms with Crippen molar-refractivity contribution >= 4 is 35.2 Å². The number of oxime groups is 1. The summed E-state index contributed by atoms with van der Waals surface area (Å²) in [5, 5.41) is 8.72. The van der Waals surface area contributed by atoms with E-state index in [9.17, 15) is 4.79 Å². The van der Waals surface area contributed by atoms with Crippen LogP contribution in [0.1, 0.15) is 22.5 Å². The van der Waals surface area contributed by atoms with Crippen LogP contribution < -0.4 is 0 Å². The molecule has 0 saturated carbocycles. The van der Waals surface area contributed by atoms with E-state index in [-0.39, 0.29) is 24.6 Å². The number of carbonyl (C=O) groups excluding carboxylic acids is 1. The zero-order valence-electron chi connectivity index (χ0n) is 13.6. The Morgan fingerprint density at radius 2 is 1.96 bits per heavy atom. The molecule has 0 saturated heterocycles. The highest BCUT2D eigenvalue weighted by atomic mass is 35.5. The minimum absolute atomic E-state index is 0.0395. The molecule has 0 bridgehead atoms. The van der Waals surface area contributed by atoms with E-state index < -0.39 is 0 Å². The van der Waals surface area contributed by atoms with Gasteiger partial charge in [0.2, 0.25) is 11.5 Å². The van der Waals surface area contributed by atoms with Crippen LogP contribution in [0.15, 0.2) is 64.3 Å². The van der Waals surface area contributed by atoms with E-state index in [0.717, 1.165) is 11.1 Å². The second-order valence-electron chi connectivity index (χ2n) is 5.37. The molecule has 0 radical (unpaired) electrons. The summed E-state index contributed by atoms with van der Waals surface area (Å²) in [4.78, 5) is 17.2. The summed E-state index contributed by atoms with van der Waals surface area (Å²) in [6.45, 7) is 0.182. The molecule has 0 aliphatic rings. The fraction of sp³-hybridized carbons (Fsp3) is 0.105. The summed E-state index contributed by atoms with van der Waals surface area (Å²) in [6, 6.07) is 16.2. The Morgan fingerprint density at radius 3 is 2.73 bits per heavy atom. The molecule has 3 aromatic rings. The number of nitrogens with zero attached hydrogens (tertiary/aromatic N) is 2. The monoisotopic (exact) mass is 388 g/mol. The molecule has 5 nitrogen and oxygen atoms in total. The molecular formula is C19H14Cl2N2O3. The van der Waals surface area contributed by atoms with Gasteiger partial charge in [0.05, 0.1) is 12.6 Å². The topological polar surface area (TPSA) is 64.7 Å². The van der Waals surface area contributed by atoms with Crippen molar-refractivity contribution in [3.8, 4) is 11.3 Å². The molecule has 0 aliphatic heterocycles. The molecule has 3 rings (SSSR count). The molecule has 0 amide bonds. The fourth-order valence-electron chi connectivity index (χ4n) is 2.17. The maximum absolute atomic E-state index is 12.1. The molecule has 0 aliphatic carbocycles. The van der Waals surface area contributed by atoms with Crippen LogP contribution >= 0.6 is 23.2 Å². The van der Waals surface area contributed by atoms with Gasteiger partial charge in [0.1, 0.15) is 12.3 Å². The van der Waals surface area contributed by atoms with Crippen LogP contribution in [0.4, 0.5) is 0 Å². The van der Waals surface area contributed by atoms with E-state index in [1.54, 1.807) is 24.3 Å². The summed E-state index contributed by atoms with van der Waals surface area (Å²) < 4.78 is 5.10. The molecule has 0 spiro atoms. The molecule has 26 heavy (non-hydrogen) atoms. The Balaban J connectivity index is 1.51. The van der Waals surface area contributed by atoms with Gasteiger partial charge in [-0.25, -0.2) is 0 Å². The van der Waals surface area contributed by atoms with Crippen LogP contribution in [0.5, 0.6) is 0 Å². The molecule has 0 atom stereocenters. The quantitative estimate of drug-likeness (QED) is 0.307. The average molecular weight is 389 g/mol. The highest BCUT2D eigenvalue weighted by Crippen LogP contribution is 2.22. The lowest BCUT2D eigenvalue weighted by atomic mass is 10.1. The van der Waals surface area contributed by atoms with Gasteiger partial charge in [-0.15, -0.1) is 0 Å². The summed E-state index contributed by atoms with van der Waals surface area (Å²) in [5.74, 6) is -0.0624. The highest BCUT2D eigenvalue weighted by molar-refractivity contribution is 6.35. The van der Waals surface area contributed by atoms with Crippen molar-refractivity contribution in [2.45, 2.75) is 13.0 Å². The van der Waals surface area contributed by atoms with E-state index in [0.29, 0.717) is 15.7 Å². The van der Waals surface area contributed by atoms with E-state index in [4.69, 9.17) is 32.6 Å². The van der Waals surface area contributed by atoms with Gasteiger partial charge in [-0.3, -0.25) is 4.79 Å². The first kappa shape index (κ1) is 18.2. The van der Waals surface area contributed by atoms with Crippen LogP contribution in [0.3, 0.4) is 0 Å². The first-order chi connectivity index (χ1) is 12.6. The minimum atomic E-state index is -0.239. The predicted molar refractivity (Wildman–Crippen MR) is 101 cm³/mol. The lowest BCUT2D eigenvalue weighted by molar-refractivity contribution is 0.0961. The Labute approximate surface area is 160 Å². The first-order valence-corrected chi connectivity index (χ1v) is 8.52. The van der Waals surface area contributed by atoms with Crippen molar-refractivity contribution in [3.05, 3.63) is 76.0 Å². The van der Waals surface area contributed by atoms with Gasteiger partial charge in [-0.05, 0) is 12.1 Å². The molecule has 1 heterocycles. The molecule has 0 unspecified atom stereocenters. The van der Waals surface area contributed by atoms with Crippen LogP contribution in [0.2, 0.25) is 10.0 Å². The van der Waals surface area contributed by atoms with Gasteiger partial charge in [0, 0.05) is 27.2 Å². The molecule has 132 valence electrons. The number of Topliss-reactive ketones (excluding diaryl/α,β-unsaturated/α-hetero) is 1. The third-order valence-electron chi connectivity index (χ3n) is 3.52. The van der Waals surface area contributed by atoms with Gasteiger partial charge in [-0.1, -0.05) is 69.9 Å². The number of benzene rings is 2. The van der Waals surface area contributed by atoms with Crippen LogP contribution in [0, 0.1) is 0 Å². The molecule has 0 N–H and O–H groups in total. The number of aromatic nitrogens is 1. The maximum Gasteiger partial charge on any atom is 0.206 e. The average Bonchev–Trinajstić information content (AvgIpc) is 3.14. The largest absolute Gasteiger partial charge is 0.391 e. The number of halogens is 2. The Hall–Kier alpha value is -2.63. The fourth-order valence-corrected chi connectivity index (χ4v) is 2.63. The van der Waals surface area contributed by atoms with Gasteiger partial charge in [-0.2, -0.15) is 0 Å². The number of carbonyl (C=O) groups is 1. The van der Waals surface area contributed by atoms with Crippen molar-refractivity contribution in [1.29, 1.82) is 0 Å². The lowest BCUT2D eigenvalue weighted by Gasteiger charge is -2.02. The SMILES string of the molecule is O=C(CC=NOCc1ccc(Cl)cc1Cl)c1cc(-c2ccccc2)no1. The predicted octanol–water partition coefficient (Wildman–Crippen LogP) is 5.42. The van der Waals surface area contributed by atoms with Crippen LogP contribution in [-0.2, 0) is 11.4 Å². The van der Waals surface area contributed by atoms with Gasteiger partial charge >= 0.3 is 0 Å². The van der Waals surface area contributed by atoms with Crippen LogP contribution in [0.25, 0.3) is 11.3 Å². The Morgan fingerprint density at radius 1 is 1.15 bits per heavy atom. The van der Waals surface area contributed by atoms with Crippen molar-refractivity contribution in [3.63, 3.8) is 0 Å². The number of hydrogen-bond donors (Lipinski definition) is 0. The third kappa shape index (κ3) is 4.71. The van der Waals surface area contributed by atoms with Crippen molar-refractivity contribution in [1.82, 2.24) is 5.16 Å². The van der Waals surface area contributed by atoms with Crippen molar-refractivity contribution < 1.29 is 14.2 Å². The second-order valence-corrected chi connectivity index (χ2v) is 6.21. The zero-order valence-corrected chi connectivity index (χ0v) is 15.1. The smallest absolute Gasteiger partial charge is 0.206 e. The summed E-state index contributed by atoms with van der Waals surface area (Å²) in [7, 11) is 0. The van der Waals surface area contributed by atoms with E-state index >= 15 is 0 Å². The second kappa shape index (κ2) is 8.65. The molecule has 0 fully saturated rings. The Bertz CT molecular complexity index is 924. The number of ketones is 1. The normalized spacial score (nSPS) is 11.0. The van der Waals surface area contributed by atoms with E-state index in [2.05, 4.69) is 10.3 Å². The van der Waals surface area contributed by atoms with Crippen molar-refractivity contribution in [2.75, 3.05) is 0 Å². The van der Waals surface area contributed by atoms with Crippen LogP contribution in [-0.4, -0.2) is 17.2 Å². The third-order valence-corrected chi connectivity index (χ3v) is 4.10. The van der Waals surface area contributed by atoms with Gasteiger partial charge in [0.15, 0.2) is 0 Å². The molecule has 2 aromatic carbocycles. The standard InChI is InChI=1S/C19H14Cl2N2O3/c20-15-7-6-14(16(21)10-15)12-25-22-9-8-18(24)19-11-17(23-26-19)13-4-2-1-3-5-13/h1-7,9-11H,8,12H2.